The number of aryl methyl sites for hydroxylation is 1. The monoisotopic (exact) mass is 813 g/mol. The Morgan fingerprint density at radius 1 is 0.581 bits per heavy atom. The maximum atomic E-state index is 4.07. The van der Waals surface area contributed by atoms with Gasteiger partial charge in [0.2, 0.25) is 7.28 Å². The molecule has 0 amide bonds. The van der Waals surface area contributed by atoms with E-state index in [0.717, 1.165) is 11.4 Å². The van der Waals surface area contributed by atoms with Crippen LogP contribution in [0.15, 0.2) is 158 Å². The van der Waals surface area contributed by atoms with E-state index in [1.54, 1.807) is 0 Å². The molecule has 3 aliphatic rings. The molecule has 4 heteroatoms. The summed E-state index contributed by atoms with van der Waals surface area (Å²) in [6.07, 6.45) is 2.40. The average Bonchev–Trinajstić information content (AvgIpc) is 3.84. The van der Waals surface area contributed by atoms with Gasteiger partial charge in [-0.1, -0.05) is 161 Å². The van der Waals surface area contributed by atoms with E-state index in [1.807, 2.05) is 11.3 Å². The predicted molar refractivity (Wildman–Crippen MR) is 266 cm³/mol. The Balaban J connectivity index is 1.15. The SMILES string of the molecule is Cc1cc(-c2cccc3c2Nc2ccccc2C3(c2ccccc2)c2ccccc2)c2c3c1c1c4ccccc4ccc1n3-c1c(sc3cc4c(cc13)C(C)(C)CCC4(C)C)[B]2. The first-order valence-electron chi connectivity index (χ1n) is 22.2. The van der Waals surface area contributed by atoms with Gasteiger partial charge in [0.05, 0.1) is 22.3 Å². The minimum Gasteiger partial charge on any atom is -0.354 e. The van der Waals surface area contributed by atoms with Crippen molar-refractivity contribution >= 4 is 82.9 Å². The maximum Gasteiger partial charge on any atom is 0.211 e. The van der Waals surface area contributed by atoms with Gasteiger partial charge in [-0.3, -0.25) is 0 Å². The summed E-state index contributed by atoms with van der Waals surface area (Å²) in [7, 11) is 2.55. The Labute approximate surface area is 368 Å². The van der Waals surface area contributed by atoms with E-state index in [-0.39, 0.29) is 10.8 Å². The summed E-state index contributed by atoms with van der Waals surface area (Å²) in [5, 5.41) is 10.7. The summed E-state index contributed by atoms with van der Waals surface area (Å²) in [5.74, 6) is 0. The van der Waals surface area contributed by atoms with Crippen LogP contribution in [0.4, 0.5) is 11.4 Å². The van der Waals surface area contributed by atoms with E-state index >= 15 is 0 Å². The van der Waals surface area contributed by atoms with E-state index in [2.05, 4.69) is 210 Å². The number of hydrogen-bond donors (Lipinski definition) is 1. The van der Waals surface area contributed by atoms with Gasteiger partial charge < -0.3 is 9.88 Å². The minimum absolute atomic E-state index is 0.116. The summed E-state index contributed by atoms with van der Waals surface area (Å²) in [5.41, 5.74) is 19.1. The topological polar surface area (TPSA) is 17.0 Å². The van der Waals surface area contributed by atoms with Crippen LogP contribution in [-0.2, 0) is 16.2 Å². The second kappa shape index (κ2) is 12.6. The van der Waals surface area contributed by atoms with Crippen molar-refractivity contribution in [2.24, 2.45) is 0 Å². The second-order valence-corrected chi connectivity index (χ2v) is 20.5. The van der Waals surface area contributed by atoms with E-state index in [0.29, 0.717) is 0 Å². The third kappa shape index (κ3) is 4.71. The largest absolute Gasteiger partial charge is 0.354 e. The van der Waals surface area contributed by atoms with Gasteiger partial charge in [-0.05, 0) is 120 Å². The first kappa shape index (κ1) is 36.3. The highest BCUT2D eigenvalue weighted by atomic mass is 32.1. The molecule has 1 N–H and O–H groups in total. The molecule has 1 radical (unpaired) electrons. The van der Waals surface area contributed by atoms with E-state index in [9.17, 15) is 0 Å². The molecule has 297 valence electrons. The lowest BCUT2D eigenvalue weighted by Gasteiger charge is -2.43. The van der Waals surface area contributed by atoms with Gasteiger partial charge in [-0.2, -0.15) is 0 Å². The molecule has 2 aliphatic heterocycles. The number of fused-ring (bicyclic) bond motifs is 12. The zero-order valence-corrected chi connectivity index (χ0v) is 36.7. The van der Waals surface area contributed by atoms with Crippen molar-refractivity contribution in [1.29, 1.82) is 0 Å². The Kier molecular flexibility index (Phi) is 7.39. The molecule has 13 rings (SSSR count). The Morgan fingerprint density at radius 2 is 1.24 bits per heavy atom. The first-order chi connectivity index (χ1) is 30.1. The van der Waals surface area contributed by atoms with Crippen LogP contribution in [0.3, 0.4) is 0 Å². The van der Waals surface area contributed by atoms with Crippen molar-refractivity contribution in [2.75, 3.05) is 5.32 Å². The third-order valence-corrected chi connectivity index (χ3v) is 16.2. The molecule has 0 spiro atoms. The molecule has 0 bridgehead atoms. The van der Waals surface area contributed by atoms with Crippen LogP contribution in [0, 0.1) is 6.92 Å². The molecule has 4 heterocycles. The minimum atomic E-state index is -0.539. The van der Waals surface area contributed by atoms with Gasteiger partial charge in [0.25, 0.3) is 0 Å². The smallest absolute Gasteiger partial charge is 0.211 e. The molecular weight excluding hydrogens is 768 g/mol. The van der Waals surface area contributed by atoms with Crippen LogP contribution in [0.25, 0.3) is 59.5 Å². The average molecular weight is 814 g/mol. The van der Waals surface area contributed by atoms with Crippen molar-refractivity contribution in [2.45, 2.75) is 63.7 Å². The van der Waals surface area contributed by atoms with Crippen molar-refractivity contribution in [3.8, 4) is 16.8 Å². The summed E-state index contributed by atoms with van der Waals surface area (Å²) in [6, 6.07) is 59.5. The van der Waals surface area contributed by atoms with Gasteiger partial charge >= 0.3 is 0 Å². The molecule has 62 heavy (non-hydrogen) atoms. The lowest BCUT2D eigenvalue weighted by Crippen LogP contribution is -2.37. The fourth-order valence-electron chi connectivity index (χ4n) is 12.0. The van der Waals surface area contributed by atoms with Crippen LogP contribution in [0.5, 0.6) is 0 Å². The number of nitrogens with zero attached hydrogens (tertiary/aromatic N) is 1. The molecule has 0 saturated heterocycles. The summed E-state index contributed by atoms with van der Waals surface area (Å²) >= 11 is 1.97. The highest BCUT2D eigenvalue weighted by Crippen LogP contribution is 2.56. The molecule has 10 aromatic rings. The molecular formula is C58H46BN2S. The lowest BCUT2D eigenvalue weighted by molar-refractivity contribution is 0.332. The number of para-hydroxylation sites is 2. The standard InChI is InChI=1S/C58H46BN2S/c1-34-31-40(39-23-16-25-43-52(39)60-46-26-15-14-24-42(46)58(43,36-18-8-6-9-19-36)37-20-10-7-11-21-37)51-54-49(34)50-38-22-13-12-17-35(38)27-28-47(50)61(54)53-41-32-44-45(33-48(41)62-55(53)59-51)57(4,5)30-29-56(44,2)3/h6-28,31-33,60H,29-30H2,1-5H3. The zero-order valence-electron chi connectivity index (χ0n) is 35.9. The Hall–Kier alpha value is -6.36. The number of hydrogen-bond acceptors (Lipinski definition) is 2. The number of benzene rings is 8. The molecule has 8 aromatic carbocycles. The van der Waals surface area contributed by atoms with Crippen molar-refractivity contribution in [3.63, 3.8) is 0 Å². The molecule has 0 atom stereocenters. The Morgan fingerprint density at radius 3 is 2.00 bits per heavy atom. The van der Waals surface area contributed by atoms with Gasteiger partial charge in [-0.25, -0.2) is 0 Å². The van der Waals surface area contributed by atoms with Gasteiger partial charge in [-0.15, -0.1) is 11.3 Å². The Bertz CT molecular complexity index is 3490. The quantitative estimate of drug-likeness (QED) is 0.176. The number of nitrogens with one attached hydrogen (secondary N) is 1. The fraction of sp³-hybridized carbons (Fsp3) is 0.172. The third-order valence-electron chi connectivity index (χ3n) is 15.1. The van der Waals surface area contributed by atoms with Crippen LogP contribution in [0.1, 0.15) is 79.5 Å². The van der Waals surface area contributed by atoms with Crippen molar-refractivity contribution in [3.05, 3.63) is 197 Å². The maximum absolute atomic E-state index is 4.07. The van der Waals surface area contributed by atoms with Gasteiger partial charge in [0.1, 0.15) is 0 Å². The molecule has 0 saturated carbocycles. The van der Waals surface area contributed by atoms with Gasteiger partial charge in [0, 0.05) is 37.6 Å². The number of anilines is 2. The van der Waals surface area contributed by atoms with Crippen LogP contribution >= 0.6 is 11.3 Å². The molecule has 0 unspecified atom stereocenters. The van der Waals surface area contributed by atoms with E-state index in [4.69, 9.17) is 0 Å². The molecule has 1 aliphatic carbocycles. The molecule has 0 fully saturated rings. The number of rotatable bonds is 3. The zero-order chi connectivity index (χ0) is 41.7. The summed E-state index contributed by atoms with van der Waals surface area (Å²) < 4.78 is 5.37. The highest BCUT2D eigenvalue weighted by Gasteiger charge is 2.45. The van der Waals surface area contributed by atoms with Crippen LogP contribution < -0.4 is 15.6 Å². The number of thiophene rings is 1. The normalized spacial score (nSPS) is 16.3. The predicted octanol–water partition coefficient (Wildman–Crippen LogP) is 13.9. The van der Waals surface area contributed by atoms with Crippen LogP contribution in [-0.4, -0.2) is 11.8 Å². The number of aromatic nitrogens is 1. The van der Waals surface area contributed by atoms with E-state index in [1.165, 1.54) is 122 Å². The van der Waals surface area contributed by atoms with Crippen LogP contribution in [0.2, 0.25) is 0 Å². The van der Waals surface area contributed by atoms with Crippen molar-refractivity contribution < 1.29 is 0 Å². The summed E-state index contributed by atoms with van der Waals surface area (Å²) in [6.45, 7) is 12.1. The summed E-state index contributed by atoms with van der Waals surface area (Å²) in [4.78, 5) is 0. The molecule has 2 nitrogen and oxygen atoms in total. The van der Waals surface area contributed by atoms with E-state index < -0.39 is 5.41 Å². The molecule has 2 aromatic heterocycles. The lowest BCUT2D eigenvalue weighted by atomic mass is 9.60. The second-order valence-electron chi connectivity index (χ2n) is 19.4. The highest BCUT2D eigenvalue weighted by molar-refractivity contribution is 7.29. The fourth-order valence-corrected chi connectivity index (χ4v) is 13.2. The van der Waals surface area contributed by atoms with Gasteiger partial charge in [0.15, 0.2) is 0 Å². The van der Waals surface area contributed by atoms with Crippen molar-refractivity contribution in [1.82, 2.24) is 4.57 Å². The first-order valence-corrected chi connectivity index (χ1v) is 23.0.